The highest BCUT2D eigenvalue weighted by atomic mass is 16.6. The molecule has 1 heterocycles. The summed E-state index contributed by atoms with van der Waals surface area (Å²) in [5.74, 6) is 0.718. The van der Waals surface area contributed by atoms with Crippen LogP contribution in [0.1, 0.15) is 25.3 Å². The highest BCUT2D eigenvalue weighted by molar-refractivity contribution is 5.81. The van der Waals surface area contributed by atoms with E-state index < -0.39 is 4.92 Å². The molecule has 1 saturated carbocycles. The number of carbonyl (C=O) groups is 1. The molecule has 1 amide bonds. The van der Waals surface area contributed by atoms with Gasteiger partial charge in [0, 0.05) is 42.5 Å². The van der Waals surface area contributed by atoms with Gasteiger partial charge in [0.25, 0.3) is 5.69 Å². The molecule has 0 unspecified atom stereocenters. The molecule has 2 aromatic carbocycles. The molecule has 1 aliphatic rings. The van der Waals surface area contributed by atoms with E-state index in [0.717, 1.165) is 23.4 Å². The molecule has 154 valence electrons. The van der Waals surface area contributed by atoms with E-state index in [2.05, 4.69) is 0 Å². The summed E-state index contributed by atoms with van der Waals surface area (Å²) in [6.07, 6.45) is 4.53. The zero-order valence-corrected chi connectivity index (χ0v) is 16.9. The summed E-state index contributed by atoms with van der Waals surface area (Å²) in [6, 6.07) is 16.0. The Morgan fingerprint density at radius 1 is 1.17 bits per heavy atom. The Morgan fingerprint density at radius 3 is 2.47 bits per heavy atom. The molecule has 0 saturated heterocycles. The number of aromatic nitrogens is 2. The molecule has 0 bridgehead atoms. The third-order valence-electron chi connectivity index (χ3n) is 5.41. The van der Waals surface area contributed by atoms with Crippen LogP contribution in [0.25, 0.3) is 16.9 Å². The standard InChI is InChI=1S/C23H24N4O3/c1-2-25(15-17-8-9-17)22(28)14-19-16-26(20-6-4-3-5-7-20)24-23(19)18-10-12-21(13-11-18)27(29)30/h3-7,10-13,16-17H,2,8-9,14-15H2,1H3. The third kappa shape index (κ3) is 4.40. The van der Waals surface area contributed by atoms with E-state index in [9.17, 15) is 14.9 Å². The van der Waals surface area contributed by atoms with Crippen molar-refractivity contribution in [1.29, 1.82) is 0 Å². The van der Waals surface area contributed by atoms with Crippen molar-refractivity contribution in [2.75, 3.05) is 13.1 Å². The van der Waals surface area contributed by atoms with Gasteiger partial charge in [0.1, 0.15) is 0 Å². The van der Waals surface area contributed by atoms with Crippen LogP contribution < -0.4 is 0 Å². The number of nitro benzene ring substituents is 1. The summed E-state index contributed by atoms with van der Waals surface area (Å²) in [5.41, 5.74) is 3.16. The van der Waals surface area contributed by atoms with Gasteiger partial charge in [-0.25, -0.2) is 4.68 Å². The van der Waals surface area contributed by atoms with Gasteiger partial charge in [-0.1, -0.05) is 18.2 Å². The molecule has 4 rings (SSSR count). The number of rotatable bonds is 8. The molecular formula is C23H24N4O3. The largest absolute Gasteiger partial charge is 0.342 e. The van der Waals surface area contributed by atoms with Crippen molar-refractivity contribution in [1.82, 2.24) is 14.7 Å². The van der Waals surface area contributed by atoms with Gasteiger partial charge >= 0.3 is 0 Å². The molecule has 7 heteroatoms. The lowest BCUT2D eigenvalue weighted by atomic mass is 10.0. The van der Waals surface area contributed by atoms with Crippen molar-refractivity contribution in [3.8, 4) is 16.9 Å². The average molecular weight is 404 g/mol. The van der Waals surface area contributed by atoms with Gasteiger partial charge in [0.15, 0.2) is 0 Å². The Hall–Kier alpha value is -3.48. The number of amides is 1. The Bertz CT molecular complexity index is 1040. The quantitative estimate of drug-likeness (QED) is 0.415. The van der Waals surface area contributed by atoms with Crippen LogP contribution in [0, 0.1) is 16.0 Å². The van der Waals surface area contributed by atoms with Crippen LogP contribution in [0.4, 0.5) is 5.69 Å². The minimum absolute atomic E-state index is 0.0282. The van der Waals surface area contributed by atoms with Crippen LogP contribution in [0.5, 0.6) is 0 Å². The van der Waals surface area contributed by atoms with Crippen molar-refractivity contribution in [3.63, 3.8) is 0 Å². The Morgan fingerprint density at radius 2 is 1.87 bits per heavy atom. The minimum atomic E-state index is -0.423. The number of non-ortho nitro benzene ring substituents is 1. The summed E-state index contributed by atoms with van der Waals surface area (Å²) in [7, 11) is 0. The second kappa shape index (κ2) is 8.49. The maximum atomic E-state index is 13.0. The van der Waals surface area contributed by atoms with Gasteiger partial charge in [-0.3, -0.25) is 14.9 Å². The van der Waals surface area contributed by atoms with Gasteiger partial charge in [-0.05, 0) is 49.9 Å². The number of likely N-dealkylation sites (N-methyl/N-ethyl adjacent to an activating group) is 1. The number of para-hydroxylation sites is 1. The first-order chi connectivity index (χ1) is 14.5. The van der Waals surface area contributed by atoms with E-state index in [1.165, 1.54) is 25.0 Å². The van der Waals surface area contributed by atoms with E-state index in [4.69, 9.17) is 5.10 Å². The van der Waals surface area contributed by atoms with Gasteiger partial charge in [-0.15, -0.1) is 0 Å². The Kier molecular flexibility index (Phi) is 5.61. The number of carbonyl (C=O) groups excluding carboxylic acids is 1. The number of hydrogen-bond acceptors (Lipinski definition) is 4. The number of hydrogen-bond donors (Lipinski definition) is 0. The SMILES string of the molecule is CCN(CC1CC1)C(=O)Cc1cn(-c2ccccc2)nc1-c1ccc([N+](=O)[O-])cc1. The number of nitro groups is 1. The Labute approximate surface area is 175 Å². The van der Waals surface area contributed by atoms with Crippen LogP contribution in [0.2, 0.25) is 0 Å². The van der Waals surface area contributed by atoms with E-state index in [1.807, 2.05) is 48.4 Å². The smallest absolute Gasteiger partial charge is 0.269 e. The van der Waals surface area contributed by atoms with Crippen LogP contribution in [0.3, 0.4) is 0 Å². The molecule has 0 radical (unpaired) electrons. The zero-order chi connectivity index (χ0) is 21.1. The fraction of sp³-hybridized carbons (Fsp3) is 0.304. The summed E-state index contributed by atoms with van der Waals surface area (Å²) in [6.45, 7) is 3.51. The van der Waals surface area contributed by atoms with E-state index >= 15 is 0 Å². The van der Waals surface area contributed by atoms with Crippen molar-refractivity contribution < 1.29 is 9.72 Å². The summed E-state index contributed by atoms with van der Waals surface area (Å²) in [5, 5.41) is 15.7. The van der Waals surface area contributed by atoms with Crippen LogP contribution in [-0.2, 0) is 11.2 Å². The van der Waals surface area contributed by atoms with E-state index in [0.29, 0.717) is 18.2 Å². The van der Waals surface area contributed by atoms with Crippen LogP contribution in [-0.4, -0.2) is 38.6 Å². The van der Waals surface area contributed by atoms with Gasteiger partial charge in [0.2, 0.25) is 5.91 Å². The minimum Gasteiger partial charge on any atom is -0.342 e. The first-order valence-corrected chi connectivity index (χ1v) is 10.2. The van der Waals surface area contributed by atoms with Crippen LogP contribution in [0.15, 0.2) is 60.8 Å². The highest BCUT2D eigenvalue weighted by Gasteiger charge is 2.27. The second-order valence-electron chi connectivity index (χ2n) is 7.64. The number of benzene rings is 2. The first-order valence-electron chi connectivity index (χ1n) is 10.2. The van der Waals surface area contributed by atoms with Crippen molar-refractivity contribution in [2.24, 2.45) is 5.92 Å². The average Bonchev–Trinajstić information content (AvgIpc) is 3.50. The molecule has 1 aliphatic carbocycles. The molecule has 0 N–H and O–H groups in total. The molecule has 3 aromatic rings. The maximum absolute atomic E-state index is 13.0. The van der Waals surface area contributed by atoms with Gasteiger partial charge in [-0.2, -0.15) is 5.10 Å². The predicted molar refractivity (Wildman–Crippen MR) is 114 cm³/mol. The lowest BCUT2D eigenvalue weighted by Crippen LogP contribution is -2.33. The highest BCUT2D eigenvalue weighted by Crippen LogP contribution is 2.30. The summed E-state index contributed by atoms with van der Waals surface area (Å²) < 4.78 is 1.76. The first kappa shape index (κ1) is 19.8. The molecule has 0 spiro atoms. The van der Waals surface area contributed by atoms with E-state index in [-0.39, 0.29) is 18.0 Å². The summed E-state index contributed by atoms with van der Waals surface area (Å²) >= 11 is 0. The molecule has 1 fully saturated rings. The normalized spacial score (nSPS) is 13.2. The lowest BCUT2D eigenvalue weighted by molar-refractivity contribution is -0.384. The zero-order valence-electron chi connectivity index (χ0n) is 16.9. The van der Waals surface area contributed by atoms with Gasteiger partial charge in [0.05, 0.1) is 22.7 Å². The fourth-order valence-electron chi connectivity index (χ4n) is 3.53. The molecule has 1 aromatic heterocycles. The molecule has 0 aliphatic heterocycles. The van der Waals surface area contributed by atoms with Crippen molar-refractivity contribution in [3.05, 3.63) is 76.5 Å². The van der Waals surface area contributed by atoms with Crippen LogP contribution >= 0.6 is 0 Å². The van der Waals surface area contributed by atoms with E-state index in [1.54, 1.807) is 16.8 Å². The lowest BCUT2D eigenvalue weighted by Gasteiger charge is -2.20. The maximum Gasteiger partial charge on any atom is 0.269 e. The number of nitrogens with zero attached hydrogens (tertiary/aromatic N) is 4. The van der Waals surface area contributed by atoms with Crippen molar-refractivity contribution in [2.45, 2.75) is 26.2 Å². The Balaban J connectivity index is 1.67. The predicted octanol–water partition coefficient (Wildman–Crippen LogP) is 4.25. The molecule has 7 nitrogen and oxygen atoms in total. The molecule has 0 atom stereocenters. The fourth-order valence-corrected chi connectivity index (χ4v) is 3.53. The van der Waals surface area contributed by atoms with Gasteiger partial charge < -0.3 is 4.90 Å². The topological polar surface area (TPSA) is 81.3 Å². The third-order valence-corrected chi connectivity index (χ3v) is 5.41. The molecule has 30 heavy (non-hydrogen) atoms. The molecular weight excluding hydrogens is 380 g/mol. The monoisotopic (exact) mass is 404 g/mol. The van der Waals surface area contributed by atoms with Crippen molar-refractivity contribution >= 4 is 11.6 Å². The second-order valence-corrected chi connectivity index (χ2v) is 7.64. The summed E-state index contributed by atoms with van der Waals surface area (Å²) in [4.78, 5) is 25.5.